The molecule has 0 radical (unpaired) electrons. The van der Waals surface area contributed by atoms with Gasteiger partial charge >= 0.3 is 6.03 Å². The number of unbranched alkanes of at least 4 members (excludes halogenated alkanes) is 1. The van der Waals surface area contributed by atoms with E-state index in [0.29, 0.717) is 19.0 Å². The molecule has 3 saturated heterocycles. The first-order chi connectivity index (χ1) is 16.5. The minimum absolute atomic E-state index is 0.000889. The van der Waals surface area contributed by atoms with Crippen LogP contribution in [0.5, 0.6) is 0 Å². The Hall–Kier alpha value is -2.23. The zero-order valence-corrected chi connectivity index (χ0v) is 21.2. The first kappa shape index (κ1) is 23.5. The molecule has 5 rings (SSSR count). The number of hydrogen-bond donors (Lipinski definition) is 0. The second-order valence-corrected chi connectivity index (χ2v) is 10.8. The second-order valence-electron chi connectivity index (χ2n) is 10.0. The lowest BCUT2D eigenvalue weighted by atomic mass is 10.0. The highest BCUT2D eigenvalue weighted by atomic mass is 32.1. The zero-order valence-electron chi connectivity index (χ0n) is 20.4. The summed E-state index contributed by atoms with van der Waals surface area (Å²) in [5.74, 6) is 1.12. The van der Waals surface area contributed by atoms with Crippen molar-refractivity contribution >= 4 is 39.4 Å². The van der Waals surface area contributed by atoms with E-state index in [1.807, 2.05) is 4.90 Å². The fourth-order valence-electron chi connectivity index (χ4n) is 5.46. The lowest BCUT2D eigenvalue weighted by Gasteiger charge is -2.47. The summed E-state index contributed by atoms with van der Waals surface area (Å²) in [5.41, 5.74) is 0. The van der Waals surface area contributed by atoms with Crippen molar-refractivity contribution in [2.75, 3.05) is 63.8 Å². The number of carbonyl (C=O) groups excluding carboxylic acids is 2. The maximum Gasteiger partial charge on any atom is 0.327 e. The first-order valence-corrected chi connectivity index (χ1v) is 13.5. The van der Waals surface area contributed by atoms with Crippen molar-refractivity contribution in [3.63, 3.8) is 0 Å². The standard InChI is InChI=1S/C25H36N6O2S/c1-19(2)29-15-16-30-20(18-29)17-23(32)31(25(30)33)10-6-5-9-27-11-13-28(14-12-27)24-21-7-3-4-8-22(21)34-26-24/h3-4,7-8,19-20H,5-6,9-18H2,1-2H3. The molecule has 8 nitrogen and oxygen atoms in total. The third-order valence-corrected chi connectivity index (χ3v) is 8.39. The van der Waals surface area contributed by atoms with Crippen LogP contribution in [0.2, 0.25) is 0 Å². The van der Waals surface area contributed by atoms with Gasteiger partial charge in [-0.25, -0.2) is 4.79 Å². The number of amides is 3. The molecule has 3 fully saturated rings. The maximum atomic E-state index is 13.0. The van der Waals surface area contributed by atoms with E-state index in [1.165, 1.54) is 15.0 Å². The van der Waals surface area contributed by atoms with E-state index >= 15 is 0 Å². The Bertz CT molecular complexity index is 1020. The van der Waals surface area contributed by atoms with E-state index in [4.69, 9.17) is 4.37 Å². The Morgan fingerprint density at radius 2 is 1.76 bits per heavy atom. The van der Waals surface area contributed by atoms with Crippen molar-refractivity contribution in [1.29, 1.82) is 0 Å². The molecule has 1 atom stereocenters. The van der Waals surface area contributed by atoms with Crippen LogP contribution in [-0.2, 0) is 4.79 Å². The lowest BCUT2D eigenvalue weighted by Crippen LogP contribution is -2.64. The van der Waals surface area contributed by atoms with Gasteiger partial charge < -0.3 is 9.80 Å². The maximum absolute atomic E-state index is 13.0. The molecule has 1 unspecified atom stereocenters. The van der Waals surface area contributed by atoms with Crippen molar-refractivity contribution in [1.82, 2.24) is 24.0 Å². The quantitative estimate of drug-likeness (QED) is 0.563. The van der Waals surface area contributed by atoms with Gasteiger partial charge in [0.25, 0.3) is 0 Å². The molecular formula is C25H36N6O2S. The minimum atomic E-state index is -0.0752. The summed E-state index contributed by atoms with van der Waals surface area (Å²) in [6.45, 7) is 12.4. The minimum Gasteiger partial charge on any atom is -0.353 e. The van der Waals surface area contributed by atoms with Gasteiger partial charge in [-0.1, -0.05) is 12.1 Å². The molecule has 3 aliphatic heterocycles. The molecule has 1 aromatic heterocycles. The summed E-state index contributed by atoms with van der Waals surface area (Å²) in [6, 6.07) is 8.87. The first-order valence-electron chi connectivity index (χ1n) is 12.7. The highest BCUT2D eigenvalue weighted by molar-refractivity contribution is 7.13. The second kappa shape index (κ2) is 10.2. The molecule has 3 amide bonds. The Morgan fingerprint density at radius 3 is 2.56 bits per heavy atom. The van der Waals surface area contributed by atoms with Crippen molar-refractivity contribution in [3.05, 3.63) is 24.3 Å². The monoisotopic (exact) mass is 484 g/mol. The molecular weight excluding hydrogens is 448 g/mol. The number of rotatable bonds is 7. The highest BCUT2D eigenvalue weighted by Crippen LogP contribution is 2.30. The summed E-state index contributed by atoms with van der Waals surface area (Å²) in [6.07, 6.45) is 2.33. The topological polar surface area (TPSA) is 63.2 Å². The Balaban J connectivity index is 1.05. The molecule has 0 aliphatic carbocycles. The third-order valence-electron chi connectivity index (χ3n) is 7.57. The third kappa shape index (κ3) is 4.78. The lowest BCUT2D eigenvalue weighted by molar-refractivity contribution is -0.134. The number of aromatic nitrogens is 1. The Morgan fingerprint density at radius 1 is 1.00 bits per heavy atom. The Kier molecular flexibility index (Phi) is 7.04. The number of anilines is 1. The number of urea groups is 1. The number of imide groups is 1. The average Bonchev–Trinajstić information content (AvgIpc) is 3.27. The zero-order chi connectivity index (χ0) is 23.7. The van der Waals surface area contributed by atoms with E-state index < -0.39 is 0 Å². The predicted octanol–water partition coefficient (Wildman–Crippen LogP) is 2.95. The van der Waals surface area contributed by atoms with Gasteiger partial charge in [-0.2, -0.15) is 4.37 Å². The SMILES string of the molecule is CC(C)N1CCN2C(=O)N(CCCCN3CCN(c4nsc5ccccc45)CC3)C(=O)CC2C1. The summed E-state index contributed by atoms with van der Waals surface area (Å²) in [4.78, 5) is 36.4. The number of hydrogen-bond acceptors (Lipinski definition) is 7. The van der Waals surface area contributed by atoms with Gasteiger partial charge in [0.2, 0.25) is 5.91 Å². The normalized spacial score (nSPS) is 22.8. The molecule has 0 N–H and O–H groups in total. The van der Waals surface area contributed by atoms with Crippen LogP contribution in [0.1, 0.15) is 33.1 Å². The van der Waals surface area contributed by atoms with Gasteiger partial charge in [0.15, 0.2) is 0 Å². The van der Waals surface area contributed by atoms with E-state index in [9.17, 15) is 9.59 Å². The fraction of sp³-hybridized carbons (Fsp3) is 0.640. The molecule has 0 spiro atoms. The van der Waals surface area contributed by atoms with Crippen LogP contribution in [0, 0.1) is 0 Å². The summed E-state index contributed by atoms with van der Waals surface area (Å²) < 4.78 is 5.95. The molecule has 0 saturated carbocycles. The van der Waals surface area contributed by atoms with Crippen LogP contribution in [0.4, 0.5) is 10.6 Å². The molecule has 4 heterocycles. The van der Waals surface area contributed by atoms with Gasteiger partial charge in [-0.3, -0.25) is 19.5 Å². The van der Waals surface area contributed by atoms with Gasteiger partial charge in [0, 0.05) is 70.2 Å². The molecule has 184 valence electrons. The van der Waals surface area contributed by atoms with Crippen molar-refractivity contribution in [2.45, 2.75) is 45.2 Å². The van der Waals surface area contributed by atoms with Crippen LogP contribution in [0.15, 0.2) is 24.3 Å². The molecule has 34 heavy (non-hydrogen) atoms. The van der Waals surface area contributed by atoms with E-state index in [0.717, 1.165) is 71.0 Å². The molecule has 3 aliphatic rings. The van der Waals surface area contributed by atoms with Crippen LogP contribution in [-0.4, -0.2) is 107 Å². The van der Waals surface area contributed by atoms with Crippen LogP contribution >= 0.6 is 11.5 Å². The average molecular weight is 485 g/mol. The Labute approximate surface area is 206 Å². The van der Waals surface area contributed by atoms with Crippen molar-refractivity contribution in [2.24, 2.45) is 0 Å². The van der Waals surface area contributed by atoms with Crippen LogP contribution < -0.4 is 4.90 Å². The highest BCUT2D eigenvalue weighted by Gasteiger charge is 2.41. The number of benzene rings is 1. The number of carbonyl (C=O) groups is 2. The molecule has 2 aromatic rings. The van der Waals surface area contributed by atoms with Gasteiger partial charge in [0.1, 0.15) is 5.82 Å². The fourth-order valence-corrected chi connectivity index (χ4v) is 6.25. The van der Waals surface area contributed by atoms with Gasteiger partial charge in [0.05, 0.1) is 10.7 Å². The number of nitrogens with zero attached hydrogens (tertiary/aromatic N) is 6. The smallest absolute Gasteiger partial charge is 0.327 e. The summed E-state index contributed by atoms with van der Waals surface area (Å²) >= 11 is 1.58. The van der Waals surface area contributed by atoms with E-state index in [-0.39, 0.29) is 18.0 Å². The largest absolute Gasteiger partial charge is 0.353 e. The number of piperazine rings is 2. The van der Waals surface area contributed by atoms with E-state index in [2.05, 4.69) is 52.8 Å². The molecule has 9 heteroatoms. The van der Waals surface area contributed by atoms with E-state index in [1.54, 1.807) is 11.5 Å². The summed E-state index contributed by atoms with van der Waals surface area (Å²) in [5, 5.41) is 1.25. The van der Waals surface area contributed by atoms with Crippen molar-refractivity contribution < 1.29 is 9.59 Å². The predicted molar refractivity (Wildman–Crippen MR) is 136 cm³/mol. The van der Waals surface area contributed by atoms with Gasteiger partial charge in [-0.15, -0.1) is 0 Å². The van der Waals surface area contributed by atoms with Crippen molar-refractivity contribution in [3.8, 4) is 0 Å². The van der Waals surface area contributed by atoms with Crippen LogP contribution in [0.3, 0.4) is 0 Å². The van der Waals surface area contributed by atoms with Crippen LogP contribution in [0.25, 0.3) is 10.1 Å². The molecule has 1 aromatic carbocycles. The summed E-state index contributed by atoms with van der Waals surface area (Å²) in [7, 11) is 0. The molecule has 0 bridgehead atoms. The number of fused-ring (bicyclic) bond motifs is 2. The van der Waals surface area contributed by atoms with Gasteiger partial charge in [-0.05, 0) is 56.9 Å².